The Labute approximate surface area is 179 Å². The highest BCUT2D eigenvalue weighted by Gasteiger charge is 2.39. The fourth-order valence-corrected chi connectivity index (χ4v) is 4.77. The van der Waals surface area contributed by atoms with E-state index in [1.54, 1.807) is 18.9 Å². The summed E-state index contributed by atoms with van der Waals surface area (Å²) in [7, 11) is 1.66. The molecule has 1 aromatic heterocycles. The third-order valence-corrected chi connectivity index (χ3v) is 6.62. The Morgan fingerprint density at radius 3 is 2.50 bits per heavy atom. The molecule has 0 amide bonds. The van der Waals surface area contributed by atoms with Crippen molar-refractivity contribution in [1.29, 1.82) is 0 Å². The molecule has 2 atom stereocenters. The lowest BCUT2D eigenvalue weighted by atomic mass is 9.78. The molecular weight excluding hydrogens is 396 g/mol. The molecule has 0 unspecified atom stereocenters. The van der Waals surface area contributed by atoms with E-state index in [0.29, 0.717) is 12.4 Å². The number of methoxy groups -OCH3 is 1. The maximum Gasteiger partial charge on any atom is 0.226 e. The van der Waals surface area contributed by atoms with E-state index >= 15 is 0 Å². The number of benzene rings is 2. The second-order valence-electron chi connectivity index (χ2n) is 7.52. The van der Waals surface area contributed by atoms with Gasteiger partial charge < -0.3 is 10.1 Å². The zero-order valence-electron chi connectivity index (χ0n) is 16.8. The molecule has 2 aliphatic rings. The van der Waals surface area contributed by atoms with Gasteiger partial charge in [-0.3, -0.25) is 4.79 Å². The van der Waals surface area contributed by atoms with Crippen LogP contribution in [0.5, 0.6) is 5.75 Å². The van der Waals surface area contributed by atoms with Gasteiger partial charge in [-0.1, -0.05) is 24.3 Å². The van der Waals surface area contributed by atoms with Gasteiger partial charge in [0.2, 0.25) is 5.95 Å². The lowest BCUT2D eigenvalue weighted by Gasteiger charge is -2.35. The summed E-state index contributed by atoms with van der Waals surface area (Å²) in [6.45, 7) is 0. The summed E-state index contributed by atoms with van der Waals surface area (Å²) < 4.78 is 7.08. The standard InChI is InChI=1S/C23H22N4O2S/c1-29-17-7-3-14(4-8-17)16-11-19-21(20(28)12-16)22(27-23(26-19)24-13-25-27)15-5-9-18(30-2)10-6-15/h3-10,13,16,22H,11-12H2,1-2H3,(H,24,25,26)/t16-,22-/m1/s1. The summed E-state index contributed by atoms with van der Waals surface area (Å²) in [5.74, 6) is 1.78. The van der Waals surface area contributed by atoms with Crippen LogP contribution in [0.4, 0.5) is 5.95 Å². The van der Waals surface area contributed by atoms with Gasteiger partial charge in [0, 0.05) is 22.6 Å². The molecule has 0 radical (unpaired) electrons. The van der Waals surface area contributed by atoms with Crippen molar-refractivity contribution in [2.24, 2.45) is 0 Å². The predicted octanol–water partition coefficient (Wildman–Crippen LogP) is 4.42. The topological polar surface area (TPSA) is 69.0 Å². The first kappa shape index (κ1) is 18.9. The smallest absolute Gasteiger partial charge is 0.226 e. The first-order valence-electron chi connectivity index (χ1n) is 9.88. The van der Waals surface area contributed by atoms with Gasteiger partial charge in [0.25, 0.3) is 0 Å². The zero-order chi connectivity index (χ0) is 20.7. The lowest BCUT2D eigenvalue weighted by Crippen LogP contribution is -2.33. The van der Waals surface area contributed by atoms with Crippen LogP contribution in [-0.2, 0) is 4.79 Å². The molecule has 0 saturated carbocycles. The largest absolute Gasteiger partial charge is 0.497 e. The first-order chi connectivity index (χ1) is 14.7. The summed E-state index contributed by atoms with van der Waals surface area (Å²) >= 11 is 1.70. The highest BCUT2D eigenvalue weighted by Crippen LogP contribution is 2.44. The third-order valence-electron chi connectivity index (χ3n) is 5.88. The normalized spacial score (nSPS) is 20.4. The van der Waals surface area contributed by atoms with Crippen LogP contribution in [0.15, 0.2) is 71.0 Å². The Balaban J connectivity index is 1.54. The van der Waals surface area contributed by atoms with Crippen molar-refractivity contribution in [3.8, 4) is 5.75 Å². The number of Topliss-reactive ketones (excluding diaryl/α,β-unsaturated/α-hetero) is 1. The van der Waals surface area contributed by atoms with Gasteiger partial charge in [-0.25, -0.2) is 4.68 Å². The van der Waals surface area contributed by atoms with E-state index in [2.05, 4.69) is 45.9 Å². The second kappa shape index (κ2) is 7.65. The fourth-order valence-electron chi connectivity index (χ4n) is 4.36. The molecule has 0 bridgehead atoms. The number of nitrogens with zero attached hydrogens (tertiary/aromatic N) is 3. The number of thioether (sulfide) groups is 1. The second-order valence-corrected chi connectivity index (χ2v) is 8.40. The van der Waals surface area contributed by atoms with Crippen LogP contribution in [-0.4, -0.2) is 33.9 Å². The Hall–Kier alpha value is -3.06. The van der Waals surface area contributed by atoms with Gasteiger partial charge in [-0.05, 0) is 54.0 Å². The van der Waals surface area contributed by atoms with Crippen molar-refractivity contribution >= 4 is 23.5 Å². The molecule has 1 aliphatic heterocycles. The van der Waals surface area contributed by atoms with Gasteiger partial charge in [0.15, 0.2) is 5.78 Å². The summed E-state index contributed by atoms with van der Waals surface area (Å²) in [5.41, 5.74) is 3.94. The van der Waals surface area contributed by atoms with Crippen LogP contribution in [0.2, 0.25) is 0 Å². The van der Waals surface area contributed by atoms with E-state index in [0.717, 1.165) is 34.6 Å². The van der Waals surface area contributed by atoms with E-state index in [-0.39, 0.29) is 17.7 Å². The van der Waals surface area contributed by atoms with Gasteiger partial charge >= 0.3 is 0 Å². The first-order valence-corrected chi connectivity index (χ1v) is 11.1. The molecule has 30 heavy (non-hydrogen) atoms. The highest BCUT2D eigenvalue weighted by molar-refractivity contribution is 7.98. The molecule has 2 heterocycles. The molecule has 2 aromatic carbocycles. The summed E-state index contributed by atoms with van der Waals surface area (Å²) in [6.07, 6.45) is 4.84. The van der Waals surface area contributed by atoms with Crippen LogP contribution in [0.1, 0.15) is 35.9 Å². The molecule has 1 aliphatic carbocycles. The highest BCUT2D eigenvalue weighted by atomic mass is 32.2. The Morgan fingerprint density at radius 2 is 1.80 bits per heavy atom. The predicted molar refractivity (Wildman–Crippen MR) is 117 cm³/mol. The minimum absolute atomic E-state index is 0.128. The molecule has 1 N–H and O–H groups in total. The minimum atomic E-state index is -0.251. The number of hydrogen-bond acceptors (Lipinski definition) is 6. The molecule has 0 spiro atoms. The number of ether oxygens (including phenoxy) is 1. The number of carbonyl (C=O) groups excluding carboxylic acids is 1. The van der Waals surface area contributed by atoms with E-state index in [9.17, 15) is 4.79 Å². The van der Waals surface area contributed by atoms with Crippen LogP contribution in [0.25, 0.3) is 0 Å². The summed E-state index contributed by atoms with van der Waals surface area (Å²) in [5, 5.41) is 7.79. The molecular formula is C23H22N4O2S. The van der Waals surface area contributed by atoms with Crippen molar-refractivity contribution in [2.75, 3.05) is 18.7 Å². The summed E-state index contributed by atoms with van der Waals surface area (Å²) in [6, 6.07) is 16.1. The number of rotatable bonds is 4. The zero-order valence-corrected chi connectivity index (χ0v) is 17.6. The van der Waals surface area contributed by atoms with Crippen LogP contribution < -0.4 is 10.1 Å². The van der Waals surface area contributed by atoms with Gasteiger partial charge in [-0.15, -0.1) is 11.8 Å². The number of nitrogens with one attached hydrogen (secondary N) is 1. The van der Waals surface area contributed by atoms with Gasteiger partial charge in [-0.2, -0.15) is 10.1 Å². The fraction of sp³-hybridized carbons (Fsp3) is 0.261. The Morgan fingerprint density at radius 1 is 1.07 bits per heavy atom. The molecule has 5 rings (SSSR count). The lowest BCUT2D eigenvalue weighted by molar-refractivity contribution is -0.116. The van der Waals surface area contributed by atoms with E-state index < -0.39 is 0 Å². The van der Waals surface area contributed by atoms with E-state index in [4.69, 9.17) is 4.74 Å². The number of carbonyl (C=O) groups is 1. The average Bonchev–Trinajstić information content (AvgIpc) is 3.26. The number of anilines is 1. The number of ketones is 1. The third kappa shape index (κ3) is 3.19. The summed E-state index contributed by atoms with van der Waals surface area (Å²) in [4.78, 5) is 19.0. The van der Waals surface area contributed by atoms with Crippen molar-refractivity contribution < 1.29 is 9.53 Å². The molecule has 6 nitrogen and oxygen atoms in total. The molecule has 3 aromatic rings. The maximum atomic E-state index is 13.4. The van der Waals surface area contributed by atoms with Gasteiger partial charge in [0.05, 0.1) is 7.11 Å². The molecule has 0 fully saturated rings. The van der Waals surface area contributed by atoms with Crippen LogP contribution in [0.3, 0.4) is 0 Å². The molecule has 0 saturated heterocycles. The van der Waals surface area contributed by atoms with E-state index in [1.165, 1.54) is 11.2 Å². The van der Waals surface area contributed by atoms with E-state index in [1.807, 2.05) is 28.9 Å². The van der Waals surface area contributed by atoms with Crippen molar-refractivity contribution in [1.82, 2.24) is 14.8 Å². The monoisotopic (exact) mass is 418 g/mol. The average molecular weight is 419 g/mol. The Kier molecular flexibility index (Phi) is 4.83. The Bertz CT molecular complexity index is 1120. The van der Waals surface area contributed by atoms with Gasteiger partial charge in [0.1, 0.15) is 18.1 Å². The molecule has 7 heteroatoms. The van der Waals surface area contributed by atoms with Crippen molar-refractivity contribution in [3.63, 3.8) is 0 Å². The minimum Gasteiger partial charge on any atom is -0.497 e. The van der Waals surface area contributed by atoms with Crippen LogP contribution >= 0.6 is 11.8 Å². The number of fused-ring (bicyclic) bond motifs is 1. The maximum absolute atomic E-state index is 13.4. The number of aromatic nitrogens is 3. The SMILES string of the molecule is COc1ccc([C@H]2CC(=O)C3=C(C2)Nc2ncnn2[C@@H]3c2ccc(SC)cc2)cc1. The quantitative estimate of drug-likeness (QED) is 0.633. The van der Waals surface area contributed by atoms with Crippen molar-refractivity contribution in [2.45, 2.75) is 29.7 Å². The van der Waals surface area contributed by atoms with Crippen LogP contribution in [0, 0.1) is 0 Å². The molecule has 152 valence electrons. The number of hydrogen-bond donors (Lipinski definition) is 1. The van der Waals surface area contributed by atoms with Crippen molar-refractivity contribution in [3.05, 3.63) is 77.3 Å². The number of allylic oxidation sites excluding steroid dienone is 2.